The summed E-state index contributed by atoms with van der Waals surface area (Å²) in [4.78, 5) is 28.3. The lowest BCUT2D eigenvalue weighted by atomic mass is 10.2. The number of nitrogens with one attached hydrogen (secondary N) is 2. The van der Waals surface area contributed by atoms with E-state index in [0.717, 1.165) is 0 Å². The normalized spacial score (nSPS) is 10.2. The van der Waals surface area contributed by atoms with Crippen molar-refractivity contribution in [1.82, 2.24) is 10.3 Å². The first kappa shape index (κ1) is 18.7. The van der Waals surface area contributed by atoms with E-state index in [1.54, 1.807) is 25.3 Å². The summed E-state index contributed by atoms with van der Waals surface area (Å²) in [5.74, 6) is -0.243. The first-order chi connectivity index (χ1) is 12.0. The molecule has 1 heterocycles. The van der Waals surface area contributed by atoms with Crippen LogP contribution in [0.4, 0.5) is 5.69 Å². The summed E-state index contributed by atoms with van der Waals surface area (Å²) in [6.45, 7) is 0.752. The number of halogens is 1. The van der Waals surface area contributed by atoms with Crippen LogP contribution in [-0.4, -0.2) is 44.2 Å². The Morgan fingerprint density at radius 3 is 2.64 bits per heavy atom. The average molecular weight is 364 g/mol. The second-order valence-corrected chi connectivity index (χ2v) is 5.39. The van der Waals surface area contributed by atoms with Crippen molar-refractivity contribution < 1.29 is 19.1 Å². The van der Waals surface area contributed by atoms with Gasteiger partial charge in [0.1, 0.15) is 11.4 Å². The third kappa shape index (κ3) is 5.17. The van der Waals surface area contributed by atoms with E-state index in [9.17, 15) is 9.59 Å². The highest BCUT2D eigenvalue weighted by Gasteiger charge is 2.12. The van der Waals surface area contributed by atoms with Gasteiger partial charge >= 0.3 is 0 Å². The van der Waals surface area contributed by atoms with Crippen molar-refractivity contribution in [3.63, 3.8) is 0 Å². The molecule has 7 nitrogen and oxygen atoms in total. The van der Waals surface area contributed by atoms with E-state index in [1.165, 1.54) is 25.4 Å². The van der Waals surface area contributed by atoms with Gasteiger partial charge in [0, 0.05) is 31.1 Å². The molecule has 0 fully saturated rings. The molecule has 1 aromatic heterocycles. The fourth-order valence-electron chi connectivity index (χ4n) is 2.00. The molecule has 132 valence electrons. The maximum Gasteiger partial charge on any atom is 0.269 e. The van der Waals surface area contributed by atoms with Crippen molar-refractivity contribution in [2.75, 3.05) is 32.7 Å². The molecule has 1 aromatic carbocycles. The minimum atomic E-state index is -0.380. The Morgan fingerprint density at radius 1 is 1.16 bits per heavy atom. The van der Waals surface area contributed by atoms with Crippen LogP contribution in [0.25, 0.3) is 0 Å². The molecule has 0 radical (unpaired) electrons. The lowest BCUT2D eigenvalue weighted by Crippen LogP contribution is -2.28. The lowest BCUT2D eigenvalue weighted by molar-refractivity contribution is 0.0932. The molecule has 0 spiro atoms. The number of benzene rings is 1. The van der Waals surface area contributed by atoms with Crippen LogP contribution in [0.15, 0.2) is 36.5 Å². The predicted molar refractivity (Wildman–Crippen MR) is 94.4 cm³/mol. The van der Waals surface area contributed by atoms with Crippen molar-refractivity contribution in [3.8, 4) is 5.75 Å². The highest BCUT2D eigenvalue weighted by molar-refractivity contribution is 6.32. The minimum absolute atomic E-state index is 0.150. The zero-order valence-corrected chi connectivity index (χ0v) is 14.6. The van der Waals surface area contributed by atoms with Crippen molar-refractivity contribution in [3.05, 3.63) is 52.8 Å². The molecule has 25 heavy (non-hydrogen) atoms. The second-order valence-electron chi connectivity index (χ2n) is 4.98. The van der Waals surface area contributed by atoms with Gasteiger partial charge in [-0.2, -0.15) is 0 Å². The molecule has 0 unspecified atom stereocenters. The lowest BCUT2D eigenvalue weighted by Gasteiger charge is -2.09. The molecule has 0 atom stereocenters. The van der Waals surface area contributed by atoms with Gasteiger partial charge in [-0.15, -0.1) is 0 Å². The van der Waals surface area contributed by atoms with Gasteiger partial charge in [0.15, 0.2) is 0 Å². The van der Waals surface area contributed by atoms with Gasteiger partial charge in [0.05, 0.1) is 18.7 Å². The molecule has 8 heteroatoms. The molecule has 0 aliphatic carbocycles. The number of carbonyl (C=O) groups is 2. The number of pyridine rings is 1. The summed E-state index contributed by atoms with van der Waals surface area (Å²) in [6, 6.07) is 7.84. The first-order valence-electron chi connectivity index (χ1n) is 7.43. The van der Waals surface area contributed by atoms with Gasteiger partial charge in [0.25, 0.3) is 11.8 Å². The van der Waals surface area contributed by atoms with Crippen LogP contribution in [-0.2, 0) is 4.74 Å². The predicted octanol–water partition coefficient (Wildman–Crippen LogP) is 2.37. The van der Waals surface area contributed by atoms with Gasteiger partial charge in [0.2, 0.25) is 0 Å². The van der Waals surface area contributed by atoms with Gasteiger partial charge in [-0.05, 0) is 30.3 Å². The highest BCUT2D eigenvalue weighted by Crippen LogP contribution is 2.27. The molecular formula is C17H18ClN3O4. The molecule has 2 rings (SSSR count). The Bertz CT molecular complexity index is 767. The Morgan fingerprint density at radius 2 is 1.96 bits per heavy atom. The van der Waals surface area contributed by atoms with Gasteiger partial charge in [-0.1, -0.05) is 11.6 Å². The van der Waals surface area contributed by atoms with E-state index >= 15 is 0 Å². The molecule has 0 aliphatic rings. The maximum atomic E-state index is 12.4. The molecule has 0 saturated carbocycles. The third-order valence-corrected chi connectivity index (χ3v) is 3.55. The van der Waals surface area contributed by atoms with E-state index in [0.29, 0.717) is 35.2 Å². The smallest absolute Gasteiger partial charge is 0.269 e. The number of rotatable bonds is 7. The number of hydrogen-bond donors (Lipinski definition) is 2. The fourth-order valence-corrected chi connectivity index (χ4v) is 2.26. The second kappa shape index (κ2) is 9.00. The number of ether oxygens (including phenoxy) is 2. The van der Waals surface area contributed by atoms with Crippen LogP contribution in [0.1, 0.15) is 20.8 Å². The largest absolute Gasteiger partial charge is 0.495 e. The molecule has 0 aliphatic heterocycles. The van der Waals surface area contributed by atoms with Crippen LogP contribution < -0.4 is 15.4 Å². The van der Waals surface area contributed by atoms with Crippen LogP contribution in [0.2, 0.25) is 5.02 Å². The number of methoxy groups -OCH3 is 2. The zero-order chi connectivity index (χ0) is 18.2. The van der Waals surface area contributed by atoms with Crippen LogP contribution >= 0.6 is 11.6 Å². The Balaban J connectivity index is 2.08. The van der Waals surface area contributed by atoms with Crippen molar-refractivity contribution in [2.24, 2.45) is 0 Å². The molecule has 2 N–H and O–H groups in total. The number of nitrogens with zero attached hydrogens (tertiary/aromatic N) is 1. The number of carbonyl (C=O) groups excluding carboxylic acids is 2. The number of hydrogen-bond acceptors (Lipinski definition) is 5. The van der Waals surface area contributed by atoms with Gasteiger partial charge in [-0.25, -0.2) is 0 Å². The van der Waals surface area contributed by atoms with Crippen molar-refractivity contribution in [1.29, 1.82) is 0 Å². The molecule has 2 aromatic rings. The number of amides is 2. The fraction of sp³-hybridized carbons (Fsp3) is 0.235. The Hall–Kier alpha value is -2.64. The monoisotopic (exact) mass is 363 g/mol. The van der Waals surface area contributed by atoms with E-state index < -0.39 is 0 Å². The molecule has 2 amide bonds. The SMILES string of the molecule is COCCNC(=O)c1cc(C(=O)Nc2ccc(OC)c(Cl)c2)ccn1. The summed E-state index contributed by atoms with van der Waals surface area (Å²) >= 11 is 6.04. The van der Waals surface area contributed by atoms with E-state index in [2.05, 4.69) is 15.6 Å². The summed E-state index contributed by atoms with van der Waals surface area (Å²) < 4.78 is 9.93. The third-order valence-electron chi connectivity index (χ3n) is 3.26. The highest BCUT2D eigenvalue weighted by atomic mass is 35.5. The zero-order valence-electron chi connectivity index (χ0n) is 13.8. The Kier molecular flexibility index (Phi) is 6.73. The van der Waals surface area contributed by atoms with Gasteiger partial charge in [-0.3, -0.25) is 14.6 Å². The molecular weight excluding hydrogens is 346 g/mol. The average Bonchev–Trinajstić information content (AvgIpc) is 2.62. The summed E-state index contributed by atoms with van der Waals surface area (Å²) in [5, 5.41) is 5.74. The summed E-state index contributed by atoms with van der Waals surface area (Å²) in [5.41, 5.74) is 0.967. The standard InChI is InChI=1S/C17H18ClN3O4/c1-24-8-7-20-17(23)14-9-11(5-6-19-14)16(22)21-12-3-4-15(25-2)13(18)10-12/h3-6,9-10H,7-8H2,1-2H3,(H,20,23)(H,21,22). The van der Waals surface area contributed by atoms with E-state index in [4.69, 9.17) is 21.1 Å². The summed E-state index contributed by atoms with van der Waals surface area (Å²) in [6.07, 6.45) is 1.40. The number of anilines is 1. The van der Waals surface area contributed by atoms with Crippen molar-refractivity contribution in [2.45, 2.75) is 0 Å². The minimum Gasteiger partial charge on any atom is -0.495 e. The van der Waals surface area contributed by atoms with E-state index in [1.807, 2.05) is 0 Å². The first-order valence-corrected chi connectivity index (χ1v) is 7.81. The number of aromatic nitrogens is 1. The van der Waals surface area contributed by atoms with Crippen LogP contribution in [0, 0.1) is 0 Å². The maximum absolute atomic E-state index is 12.4. The molecule has 0 bridgehead atoms. The van der Waals surface area contributed by atoms with Crippen LogP contribution in [0.5, 0.6) is 5.75 Å². The molecule has 0 saturated heterocycles. The Labute approximate surface area is 150 Å². The van der Waals surface area contributed by atoms with Crippen LogP contribution in [0.3, 0.4) is 0 Å². The quantitative estimate of drug-likeness (QED) is 0.737. The van der Waals surface area contributed by atoms with Crippen molar-refractivity contribution >= 4 is 29.1 Å². The summed E-state index contributed by atoms with van der Waals surface area (Å²) in [7, 11) is 3.05. The van der Waals surface area contributed by atoms with Gasteiger partial charge < -0.3 is 20.1 Å². The van der Waals surface area contributed by atoms with E-state index in [-0.39, 0.29) is 17.5 Å². The topological polar surface area (TPSA) is 89.5 Å².